The van der Waals surface area contributed by atoms with Crippen LogP contribution in [0.4, 0.5) is 11.4 Å². The van der Waals surface area contributed by atoms with E-state index in [0.29, 0.717) is 25.3 Å². The summed E-state index contributed by atoms with van der Waals surface area (Å²) in [6.07, 6.45) is 0.326. The second-order valence-corrected chi connectivity index (χ2v) is 7.97. The predicted octanol–water partition coefficient (Wildman–Crippen LogP) is 2.59. The maximum atomic E-state index is 11.9. The van der Waals surface area contributed by atoms with E-state index in [1.807, 2.05) is 24.3 Å². The smallest absolute Gasteiger partial charge is 0.315 e. The maximum Gasteiger partial charge on any atom is 0.315 e. The van der Waals surface area contributed by atoms with Gasteiger partial charge in [-0.15, -0.1) is 23.2 Å². The van der Waals surface area contributed by atoms with Gasteiger partial charge in [0.15, 0.2) is 6.61 Å². The number of benzene rings is 1. The number of halogens is 2. The molecule has 8 heteroatoms. The Morgan fingerprint density at radius 1 is 1.24 bits per heavy atom. The minimum absolute atomic E-state index is 0.326. The third-order valence-electron chi connectivity index (χ3n) is 4.57. The van der Waals surface area contributed by atoms with Crippen molar-refractivity contribution in [1.29, 1.82) is 0 Å². The maximum absolute atomic E-state index is 11.9. The van der Waals surface area contributed by atoms with E-state index in [2.05, 4.69) is 10.2 Å². The summed E-state index contributed by atoms with van der Waals surface area (Å²) in [7, 11) is 0. The van der Waals surface area contributed by atoms with Gasteiger partial charge in [0.1, 0.15) is 9.75 Å². The lowest BCUT2D eigenvalue weighted by atomic mass is 10.1. The van der Waals surface area contributed by atoms with E-state index in [9.17, 15) is 9.59 Å². The van der Waals surface area contributed by atoms with Crippen LogP contribution in [0.1, 0.15) is 13.3 Å². The molecule has 25 heavy (non-hydrogen) atoms. The number of alkyl halides is 2. The van der Waals surface area contributed by atoms with Crippen molar-refractivity contribution >= 4 is 46.5 Å². The fraction of sp³-hybridized carbons (Fsp3) is 0.529. The molecule has 2 fully saturated rings. The molecule has 1 heterocycles. The quantitative estimate of drug-likeness (QED) is 0.622. The zero-order valence-electron chi connectivity index (χ0n) is 13.9. The highest BCUT2D eigenvalue weighted by Crippen LogP contribution is 2.64. The second-order valence-electron chi connectivity index (χ2n) is 6.48. The number of esters is 1. The Morgan fingerprint density at radius 3 is 2.40 bits per heavy atom. The van der Waals surface area contributed by atoms with Crippen molar-refractivity contribution in [3.05, 3.63) is 24.3 Å². The van der Waals surface area contributed by atoms with Crippen molar-refractivity contribution in [3.8, 4) is 0 Å². The first-order valence-electron chi connectivity index (χ1n) is 8.09. The number of nitrogens with one attached hydrogen (secondary N) is 1. The Kier molecular flexibility index (Phi) is 5.14. The number of morpholine rings is 1. The van der Waals surface area contributed by atoms with Crippen LogP contribution in [-0.4, -0.2) is 49.1 Å². The summed E-state index contributed by atoms with van der Waals surface area (Å²) in [5.74, 6) is -0.971. The van der Waals surface area contributed by atoms with Crippen LogP contribution in [0.25, 0.3) is 0 Å². The SMILES string of the molecule is CC1(C(=O)OCC(=O)Nc2ccc(N3CCOCC3)cc2)CC1(Cl)Cl. The summed E-state index contributed by atoms with van der Waals surface area (Å²) < 4.78 is 9.24. The first-order valence-corrected chi connectivity index (χ1v) is 8.85. The highest BCUT2D eigenvalue weighted by atomic mass is 35.5. The molecule has 1 saturated heterocycles. The van der Waals surface area contributed by atoms with Gasteiger partial charge in [-0.25, -0.2) is 0 Å². The number of anilines is 2. The first-order chi connectivity index (χ1) is 11.8. The van der Waals surface area contributed by atoms with Crippen molar-refractivity contribution in [3.63, 3.8) is 0 Å². The van der Waals surface area contributed by atoms with Gasteiger partial charge >= 0.3 is 5.97 Å². The van der Waals surface area contributed by atoms with Crippen LogP contribution in [0, 0.1) is 5.41 Å². The molecule has 1 aliphatic heterocycles. The normalized spacial score (nSPS) is 24.5. The standard InChI is InChI=1S/C17H20Cl2N2O4/c1-16(11-17(16,18)19)15(23)25-10-14(22)20-12-2-4-13(5-3-12)21-6-8-24-9-7-21/h2-5H,6-11H2,1H3,(H,20,22). The minimum atomic E-state index is -1.10. The number of nitrogens with zero attached hydrogens (tertiary/aromatic N) is 1. The first kappa shape index (κ1) is 18.3. The zero-order valence-corrected chi connectivity index (χ0v) is 15.4. The monoisotopic (exact) mass is 386 g/mol. The molecular weight excluding hydrogens is 367 g/mol. The third-order valence-corrected chi connectivity index (χ3v) is 5.67. The van der Waals surface area contributed by atoms with E-state index in [0.717, 1.165) is 18.8 Å². The van der Waals surface area contributed by atoms with Crippen LogP contribution in [0.3, 0.4) is 0 Å². The molecule has 6 nitrogen and oxygen atoms in total. The molecule has 0 bridgehead atoms. The van der Waals surface area contributed by atoms with Crippen molar-refractivity contribution in [2.75, 3.05) is 43.1 Å². The van der Waals surface area contributed by atoms with Gasteiger partial charge in [0, 0.05) is 30.9 Å². The second kappa shape index (κ2) is 7.02. The molecule has 0 spiro atoms. The molecule has 1 aliphatic carbocycles. The molecule has 1 N–H and O–H groups in total. The van der Waals surface area contributed by atoms with Gasteiger partial charge in [-0.3, -0.25) is 9.59 Å². The van der Waals surface area contributed by atoms with Crippen LogP contribution in [0.15, 0.2) is 24.3 Å². The van der Waals surface area contributed by atoms with Gasteiger partial charge in [0.2, 0.25) is 0 Å². The number of carbonyl (C=O) groups excluding carboxylic acids is 2. The third kappa shape index (κ3) is 4.02. The van der Waals surface area contributed by atoms with Crippen LogP contribution in [-0.2, 0) is 19.1 Å². The van der Waals surface area contributed by atoms with E-state index in [1.54, 1.807) is 6.92 Å². The molecule has 1 saturated carbocycles. The molecule has 0 radical (unpaired) electrons. The largest absolute Gasteiger partial charge is 0.455 e. The summed E-state index contributed by atoms with van der Waals surface area (Å²) in [6.45, 7) is 4.39. The Bertz CT molecular complexity index is 659. The molecule has 3 rings (SSSR count). The summed E-state index contributed by atoms with van der Waals surface area (Å²) in [4.78, 5) is 26.1. The lowest BCUT2D eigenvalue weighted by Gasteiger charge is -2.28. The van der Waals surface area contributed by atoms with Crippen molar-refractivity contribution in [1.82, 2.24) is 0 Å². The summed E-state index contributed by atoms with van der Waals surface area (Å²) in [5, 5.41) is 2.69. The van der Waals surface area contributed by atoms with Crippen LogP contribution < -0.4 is 10.2 Å². The highest BCUT2D eigenvalue weighted by Gasteiger charge is 2.69. The molecule has 136 valence electrons. The average molecular weight is 387 g/mol. The number of hydrogen-bond donors (Lipinski definition) is 1. The predicted molar refractivity (Wildman–Crippen MR) is 96.2 cm³/mol. The van der Waals surface area contributed by atoms with Gasteiger partial charge in [-0.05, 0) is 31.2 Å². The Balaban J connectivity index is 1.47. The molecule has 0 aromatic heterocycles. The Labute approximate surface area is 156 Å². The van der Waals surface area contributed by atoms with Gasteiger partial charge in [0.05, 0.1) is 13.2 Å². The topological polar surface area (TPSA) is 67.9 Å². The average Bonchev–Trinajstić information content (AvgIpc) is 3.13. The Morgan fingerprint density at radius 2 is 1.84 bits per heavy atom. The number of ether oxygens (including phenoxy) is 2. The summed E-state index contributed by atoms with van der Waals surface area (Å²) in [6, 6.07) is 7.51. The van der Waals surface area contributed by atoms with Crippen molar-refractivity contribution in [2.24, 2.45) is 5.41 Å². The molecule has 2 aliphatic rings. The fourth-order valence-corrected chi connectivity index (χ4v) is 3.37. The number of rotatable bonds is 5. The lowest BCUT2D eigenvalue weighted by Crippen LogP contribution is -2.36. The molecule has 1 aromatic rings. The van der Waals surface area contributed by atoms with E-state index in [1.165, 1.54) is 0 Å². The van der Waals surface area contributed by atoms with Gasteiger partial charge < -0.3 is 19.7 Å². The van der Waals surface area contributed by atoms with Gasteiger partial charge in [-0.2, -0.15) is 0 Å². The molecular formula is C17H20Cl2N2O4. The highest BCUT2D eigenvalue weighted by molar-refractivity contribution is 6.53. The number of carbonyl (C=O) groups is 2. The summed E-state index contributed by atoms with van der Waals surface area (Å²) in [5.41, 5.74) is 0.783. The molecule has 1 aromatic carbocycles. The van der Waals surface area contributed by atoms with Crippen LogP contribution >= 0.6 is 23.2 Å². The number of hydrogen-bond acceptors (Lipinski definition) is 5. The molecule has 1 atom stereocenters. The van der Waals surface area contributed by atoms with E-state index < -0.39 is 21.6 Å². The van der Waals surface area contributed by atoms with E-state index >= 15 is 0 Å². The van der Waals surface area contributed by atoms with Crippen molar-refractivity contribution in [2.45, 2.75) is 17.7 Å². The van der Waals surface area contributed by atoms with E-state index in [-0.39, 0.29) is 6.61 Å². The van der Waals surface area contributed by atoms with Crippen molar-refractivity contribution < 1.29 is 19.1 Å². The van der Waals surface area contributed by atoms with Crippen LogP contribution in [0.5, 0.6) is 0 Å². The van der Waals surface area contributed by atoms with Gasteiger partial charge in [0.25, 0.3) is 5.91 Å². The van der Waals surface area contributed by atoms with Crippen LogP contribution in [0.2, 0.25) is 0 Å². The summed E-state index contributed by atoms with van der Waals surface area (Å²) >= 11 is 11.8. The Hall–Kier alpha value is -1.50. The molecule has 1 amide bonds. The lowest BCUT2D eigenvalue weighted by molar-refractivity contribution is -0.152. The molecule has 1 unspecified atom stereocenters. The number of amides is 1. The van der Waals surface area contributed by atoms with Gasteiger partial charge in [-0.1, -0.05) is 0 Å². The minimum Gasteiger partial charge on any atom is -0.455 e. The fourth-order valence-electron chi connectivity index (χ4n) is 2.69. The zero-order chi connectivity index (χ0) is 18.1. The van der Waals surface area contributed by atoms with E-state index in [4.69, 9.17) is 32.7 Å².